The third-order valence-corrected chi connectivity index (χ3v) is 8.83. The quantitative estimate of drug-likeness (QED) is 0.815. The summed E-state index contributed by atoms with van der Waals surface area (Å²) in [6.45, 7) is 13.5. The Morgan fingerprint density at radius 2 is 1.58 bits per heavy atom. The maximum absolute atomic E-state index is 9.40. The summed E-state index contributed by atoms with van der Waals surface area (Å²) in [6.07, 6.45) is 0.628. The van der Waals surface area contributed by atoms with Crippen molar-refractivity contribution < 1.29 is 9.53 Å². The molecular weight excluding hydrogens is 252 g/mol. The SMILES string of the molecule is CC(C)(C)[Si](C)(C)O[C@@](C)(CCO)c1ccccc1. The Labute approximate surface area is 118 Å². The van der Waals surface area contributed by atoms with Crippen LogP contribution in [0.3, 0.4) is 0 Å². The molecule has 108 valence electrons. The summed E-state index contributed by atoms with van der Waals surface area (Å²) in [5, 5.41) is 9.56. The Kier molecular flexibility index (Phi) is 4.99. The first kappa shape index (κ1) is 16.4. The minimum atomic E-state index is -1.87. The second-order valence-electron chi connectivity index (χ2n) is 6.93. The van der Waals surface area contributed by atoms with Crippen molar-refractivity contribution in [3.05, 3.63) is 35.9 Å². The first-order valence-corrected chi connectivity index (χ1v) is 9.90. The smallest absolute Gasteiger partial charge is 0.193 e. The largest absolute Gasteiger partial charge is 0.408 e. The van der Waals surface area contributed by atoms with Gasteiger partial charge in [-0.15, -0.1) is 0 Å². The van der Waals surface area contributed by atoms with Gasteiger partial charge in [0.05, 0.1) is 5.60 Å². The van der Waals surface area contributed by atoms with Crippen LogP contribution in [0.4, 0.5) is 0 Å². The third kappa shape index (κ3) is 3.91. The zero-order chi connectivity index (χ0) is 14.7. The molecule has 3 heteroatoms. The highest BCUT2D eigenvalue weighted by Crippen LogP contribution is 2.42. The number of aliphatic hydroxyl groups excluding tert-OH is 1. The average Bonchev–Trinajstić information content (AvgIpc) is 2.28. The van der Waals surface area contributed by atoms with Crippen LogP contribution in [0.1, 0.15) is 39.7 Å². The molecule has 1 aromatic carbocycles. The van der Waals surface area contributed by atoms with E-state index in [1.807, 2.05) is 18.2 Å². The third-order valence-electron chi connectivity index (χ3n) is 4.26. The van der Waals surface area contributed by atoms with Crippen molar-refractivity contribution in [1.29, 1.82) is 0 Å². The fourth-order valence-electron chi connectivity index (χ4n) is 1.97. The Balaban J connectivity index is 3.08. The highest BCUT2D eigenvalue weighted by atomic mass is 28.4. The molecule has 0 radical (unpaired) electrons. The van der Waals surface area contributed by atoms with Gasteiger partial charge in [-0.2, -0.15) is 0 Å². The summed E-state index contributed by atoms with van der Waals surface area (Å²) in [5.74, 6) is 0. The molecule has 0 saturated carbocycles. The van der Waals surface area contributed by atoms with Gasteiger partial charge in [0, 0.05) is 13.0 Å². The van der Waals surface area contributed by atoms with E-state index in [0.717, 1.165) is 5.56 Å². The van der Waals surface area contributed by atoms with Crippen molar-refractivity contribution in [2.75, 3.05) is 6.61 Å². The highest BCUT2D eigenvalue weighted by Gasteiger charge is 2.43. The summed E-state index contributed by atoms with van der Waals surface area (Å²) in [7, 11) is -1.87. The van der Waals surface area contributed by atoms with Gasteiger partial charge in [-0.05, 0) is 30.6 Å². The van der Waals surface area contributed by atoms with Crippen molar-refractivity contribution in [2.45, 2.75) is 57.8 Å². The van der Waals surface area contributed by atoms with E-state index in [0.29, 0.717) is 6.42 Å². The average molecular weight is 280 g/mol. The monoisotopic (exact) mass is 280 g/mol. The van der Waals surface area contributed by atoms with Gasteiger partial charge < -0.3 is 9.53 Å². The van der Waals surface area contributed by atoms with Crippen molar-refractivity contribution in [3.8, 4) is 0 Å². The Hall–Kier alpha value is -0.643. The van der Waals surface area contributed by atoms with E-state index in [9.17, 15) is 5.11 Å². The van der Waals surface area contributed by atoms with E-state index < -0.39 is 13.9 Å². The number of hydrogen-bond donors (Lipinski definition) is 1. The van der Waals surface area contributed by atoms with E-state index in [1.165, 1.54) is 0 Å². The molecular formula is C16H28O2Si. The molecule has 0 aliphatic rings. The molecule has 19 heavy (non-hydrogen) atoms. The normalized spacial score (nSPS) is 16.2. The first-order chi connectivity index (χ1) is 8.62. The zero-order valence-electron chi connectivity index (χ0n) is 13.2. The van der Waals surface area contributed by atoms with Crippen LogP contribution < -0.4 is 0 Å². The standard InChI is InChI=1S/C16H28O2Si/c1-15(2,3)19(5,6)18-16(4,12-13-17)14-10-8-7-9-11-14/h7-11,17H,12-13H2,1-6H3/t16-/m0/s1. The molecule has 0 aromatic heterocycles. The van der Waals surface area contributed by atoms with Gasteiger partial charge in [0.1, 0.15) is 0 Å². The molecule has 2 nitrogen and oxygen atoms in total. The van der Waals surface area contributed by atoms with Crippen LogP contribution in [0, 0.1) is 0 Å². The molecule has 0 aliphatic carbocycles. The van der Waals surface area contributed by atoms with Crippen molar-refractivity contribution in [1.82, 2.24) is 0 Å². The lowest BCUT2D eigenvalue weighted by atomic mass is 9.93. The lowest BCUT2D eigenvalue weighted by Crippen LogP contribution is -2.47. The number of benzene rings is 1. The fourth-order valence-corrected chi connectivity index (χ4v) is 3.63. The van der Waals surface area contributed by atoms with Gasteiger partial charge in [-0.1, -0.05) is 51.1 Å². The molecule has 0 saturated heterocycles. The summed E-state index contributed by atoms with van der Waals surface area (Å²) >= 11 is 0. The predicted octanol–water partition coefficient (Wildman–Crippen LogP) is 4.31. The van der Waals surface area contributed by atoms with Crippen molar-refractivity contribution in [2.24, 2.45) is 0 Å². The summed E-state index contributed by atoms with van der Waals surface area (Å²) in [5.41, 5.74) is 0.743. The van der Waals surface area contributed by atoms with Crippen molar-refractivity contribution >= 4 is 8.32 Å². The van der Waals surface area contributed by atoms with E-state index in [1.54, 1.807) is 0 Å². The van der Waals surface area contributed by atoms with Gasteiger partial charge in [-0.3, -0.25) is 0 Å². The molecule has 0 unspecified atom stereocenters. The highest BCUT2D eigenvalue weighted by molar-refractivity contribution is 6.74. The summed E-state index contributed by atoms with van der Waals surface area (Å²) < 4.78 is 6.60. The molecule has 1 atom stereocenters. The predicted molar refractivity (Wildman–Crippen MR) is 83.8 cm³/mol. The Morgan fingerprint density at radius 1 is 1.05 bits per heavy atom. The molecule has 0 amide bonds. The van der Waals surface area contributed by atoms with Crippen LogP contribution in [-0.2, 0) is 10.0 Å². The lowest BCUT2D eigenvalue weighted by Gasteiger charge is -2.44. The van der Waals surface area contributed by atoms with E-state index in [2.05, 4.69) is 52.9 Å². The molecule has 0 bridgehead atoms. The van der Waals surface area contributed by atoms with Gasteiger partial charge >= 0.3 is 0 Å². The molecule has 0 spiro atoms. The molecule has 1 N–H and O–H groups in total. The maximum Gasteiger partial charge on any atom is 0.193 e. The van der Waals surface area contributed by atoms with E-state index in [4.69, 9.17) is 4.43 Å². The molecule has 0 heterocycles. The number of rotatable bonds is 5. The first-order valence-electron chi connectivity index (χ1n) is 6.99. The maximum atomic E-state index is 9.40. The fraction of sp³-hybridized carbons (Fsp3) is 0.625. The Morgan fingerprint density at radius 3 is 2.00 bits per heavy atom. The van der Waals surface area contributed by atoms with Crippen LogP contribution in [0.25, 0.3) is 0 Å². The van der Waals surface area contributed by atoms with Crippen molar-refractivity contribution in [3.63, 3.8) is 0 Å². The molecule has 0 aliphatic heterocycles. The van der Waals surface area contributed by atoms with Crippen LogP contribution in [0.5, 0.6) is 0 Å². The minimum absolute atomic E-state index is 0.139. The van der Waals surface area contributed by atoms with E-state index >= 15 is 0 Å². The van der Waals surface area contributed by atoms with Crippen LogP contribution in [0.15, 0.2) is 30.3 Å². The summed E-state index contributed by atoms with van der Waals surface area (Å²) in [6, 6.07) is 10.2. The van der Waals surface area contributed by atoms with Gasteiger partial charge in [0.25, 0.3) is 0 Å². The van der Waals surface area contributed by atoms with Crippen LogP contribution >= 0.6 is 0 Å². The molecule has 1 aromatic rings. The Bertz CT molecular complexity index is 395. The van der Waals surface area contributed by atoms with Crippen LogP contribution in [0.2, 0.25) is 18.1 Å². The second-order valence-corrected chi connectivity index (χ2v) is 11.7. The second kappa shape index (κ2) is 5.78. The van der Waals surface area contributed by atoms with Crippen LogP contribution in [-0.4, -0.2) is 20.0 Å². The van der Waals surface area contributed by atoms with Gasteiger partial charge in [0.15, 0.2) is 8.32 Å². The topological polar surface area (TPSA) is 29.5 Å². The van der Waals surface area contributed by atoms with Gasteiger partial charge in [-0.25, -0.2) is 0 Å². The number of hydrogen-bond acceptors (Lipinski definition) is 2. The van der Waals surface area contributed by atoms with Gasteiger partial charge in [0.2, 0.25) is 0 Å². The summed E-state index contributed by atoms with van der Waals surface area (Å²) in [4.78, 5) is 0. The lowest BCUT2D eigenvalue weighted by molar-refractivity contribution is 0.0417. The van der Waals surface area contributed by atoms with E-state index in [-0.39, 0.29) is 11.6 Å². The molecule has 1 rings (SSSR count). The zero-order valence-corrected chi connectivity index (χ0v) is 14.2. The number of aliphatic hydroxyl groups is 1. The minimum Gasteiger partial charge on any atom is -0.408 e. The molecule has 0 fully saturated rings.